The average Bonchev–Trinajstić information content (AvgIpc) is 2.85. The van der Waals surface area contributed by atoms with Crippen molar-refractivity contribution in [1.82, 2.24) is 10.2 Å². The lowest BCUT2D eigenvalue weighted by molar-refractivity contribution is -0.146. The molecule has 8 heteroatoms. The Kier molecular flexibility index (Phi) is 5.56. The van der Waals surface area contributed by atoms with Gasteiger partial charge in [-0.2, -0.15) is 0 Å². The second kappa shape index (κ2) is 6.93. The van der Waals surface area contributed by atoms with Gasteiger partial charge in [0.15, 0.2) is 6.10 Å². The van der Waals surface area contributed by atoms with E-state index in [1.807, 2.05) is 0 Å². The first kappa shape index (κ1) is 15.2. The van der Waals surface area contributed by atoms with Gasteiger partial charge in [0, 0.05) is 6.04 Å². The van der Waals surface area contributed by atoms with E-state index in [-0.39, 0.29) is 12.6 Å². The fourth-order valence-corrected chi connectivity index (χ4v) is 2.12. The van der Waals surface area contributed by atoms with Crippen LogP contribution in [0.2, 0.25) is 0 Å². The van der Waals surface area contributed by atoms with E-state index < -0.39 is 30.6 Å². The van der Waals surface area contributed by atoms with Crippen molar-refractivity contribution < 1.29 is 24.6 Å². The molecular formula is C11H19N3O5. The molecule has 8 nitrogen and oxygen atoms in total. The molecule has 0 radical (unpaired) electrons. The number of carbonyl (C=O) groups excluding carboxylic acids is 2. The van der Waals surface area contributed by atoms with E-state index in [0.717, 1.165) is 25.7 Å². The molecule has 1 aliphatic carbocycles. The van der Waals surface area contributed by atoms with Crippen LogP contribution < -0.4 is 11.1 Å². The number of rotatable bonds is 6. The van der Waals surface area contributed by atoms with Gasteiger partial charge < -0.3 is 26.2 Å². The lowest BCUT2D eigenvalue weighted by Gasteiger charge is -2.28. The number of amides is 3. The fourth-order valence-electron chi connectivity index (χ4n) is 2.12. The quantitative estimate of drug-likeness (QED) is 0.486. The molecule has 1 rings (SSSR count). The summed E-state index contributed by atoms with van der Waals surface area (Å²) >= 11 is 0. The van der Waals surface area contributed by atoms with Crippen molar-refractivity contribution >= 4 is 17.9 Å². The zero-order valence-corrected chi connectivity index (χ0v) is 10.5. The number of nitrogens with two attached hydrogens (primary N) is 1. The minimum Gasteiger partial charge on any atom is -0.479 e. The molecule has 19 heavy (non-hydrogen) atoms. The van der Waals surface area contributed by atoms with Crippen LogP contribution in [0.15, 0.2) is 0 Å². The van der Waals surface area contributed by atoms with Gasteiger partial charge in [-0.1, -0.05) is 12.8 Å². The maximum Gasteiger partial charge on any atom is 0.334 e. The van der Waals surface area contributed by atoms with Crippen LogP contribution in [0, 0.1) is 0 Å². The molecule has 108 valence electrons. The number of urea groups is 1. The van der Waals surface area contributed by atoms with Crippen molar-refractivity contribution in [2.45, 2.75) is 37.8 Å². The van der Waals surface area contributed by atoms with Crippen molar-refractivity contribution in [3.63, 3.8) is 0 Å². The largest absolute Gasteiger partial charge is 0.479 e. The Hall–Kier alpha value is -1.83. The molecule has 0 aliphatic heterocycles. The molecule has 0 aromatic carbocycles. The maximum absolute atomic E-state index is 11.9. The highest BCUT2D eigenvalue weighted by molar-refractivity contribution is 5.83. The van der Waals surface area contributed by atoms with Gasteiger partial charge in [0.2, 0.25) is 5.91 Å². The Morgan fingerprint density at radius 1 is 1.32 bits per heavy atom. The molecule has 0 aromatic heterocycles. The first-order valence-corrected chi connectivity index (χ1v) is 6.15. The van der Waals surface area contributed by atoms with Crippen LogP contribution in [-0.4, -0.2) is 58.3 Å². The lowest BCUT2D eigenvalue weighted by Crippen LogP contribution is -2.50. The summed E-state index contributed by atoms with van der Waals surface area (Å²) in [6, 6.07) is -0.638. The van der Waals surface area contributed by atoms with Gasteiger partial charge in [-0.3, -0.25) is 4.79 Å². The molecule has 1 unspecified atom stereocenters. The summed E-state index contributed by atoms with van der Waals surface area (Å²) in [7, 11) is 0. The van der Waals surface area contributed by atoms with E-state index in [0.29, 0.717) is 0 Å². The van der Waals surface area contributed by atoms with Crippen LogP contribution in [0.25, 0.3) is 0 Å². The van der Waals surface area contributed by atoms with Gasteiger partial charge in [-0.05, 0) is 12.8 Å². The predicted octanol–water partition coefficient (Wildman–Crippen LogP) is -1.13. The number of hydrogen-bond donors (Lipinski definition) is 4. The number of primary amides is 1. The van der Waals surface area contributed by atoms with Crippen molar-refractivity contribution in [1.29, 1.82) is 0 Å². The van der Waals surface area contributed by atoms with E-state index >= 15 is 0 Å². The second-order valence-electron chi connectivity index (χ2n) is 4.57. The Morgan fingerprint density at radius 3 is 2.37 bits per heavy atom. The van der Waals surface area contributed by atoms with Crippen molar-refractivity contribution in [3.8, 4) is 0 Å². The number of nitrogens with one attached hydrogen (secondary N) is 1. The molecular weight excluding hydrogens is 254 g/mol. The Bertz CT molecular complexity index is 354. The van der Waals surface area contributed by atoms with Gasteiger partial charge >= 0.3 is 12.0 Å². The van der Waals surface area contributed by atoms with Crippen LogP contribution >= 0.6 is 0 Å². The highest BCUT2D eigenvalue weighted by Gasteiger charge is 2.28. The summed E-state index contributed by atoms with van der Waals surface area (Å²) in [5, 5.41) is 19.9. The molecule has 1 aliphatic rings. The van der Waals surface area contributed by atoms with Gasteiger partial charge in [0.05, 0.1) is 6.54 Å². The molecule has 0 saturated heterocycles. The number of carbonyl (C=O) groups is 3. The zero-order chi connectivity index (χ0) is 14.4. The van der Waals surface area contributed by atoms with E-state index in [4.69, 9.17) is 15.9 Å². The van der Waals surface area contributed by atoms with Gasteiger partial charge in [-0.15, -0.1) is 0 Å². The van der Waals surface area contributed by atoms with E-state index in [1.54, 1.807) is 0 Å². The lowest BCUT2D eigenvalue weighted by atomic mass is 10.2. The fraction of sp³-hybridized carbons (Fsp3) is 0.727. The maximum atomic E-state index is 11.9. The third-order valence-electron chi connectivity index (χ3n) is 3.08. The summed E-state index contributed by atoms with van der Waals surface area (Å²) in [5.74, 6) is -2.04. The van der Waals surface area contributed by atoms with Crippen molar-refractivity contribution in [2.24, 2.45) is 5.73 Å². The minimum atomic E-state index is -1.66. The number of aliphatic hydroxyl groups is 1. The topological polar surface area (TPSA) is 133 Å². The first-order chi connectivity index (χ1) is 8.91. The number of nitrogens with zero attached hydrogens (tertiary/aromatic N) is 1. The van der Waals surface area contributed by atoms with E-state index in [1.165, 1.54) is 4.90 Å². The number of aliphatic hydroxyl groups excluding tert-OH is 1. The molecule has 1 atom stereocenters. The van der Waals surface area contributed by atoms with Crippen molar-refractivity contribution in [2.75, 3.05) is 13.1 Å². The first-order valence-electron chi connectivity index (χ1n) is 6.15. The van der Waals surface area contributed by atoms with Gasteiger partial charge in [0.25, 0.3) is 0 Å². The summed E-state index contributed by atoms with van der Waals surface area (Å²) in [4.78, 5) is 34.6. The molecule has 5 N–H and O–H groups in total. The second-order valence-corrected chi connectivity index (χ2v) is 4.57. The summed E-state index contributed by atoms with van der Waals surface area (Å²) < 4.78 is 0. The number of carboxylic acid groups (broad SMARTS) is 1. The Balaban J connectivity index is 2.55. The summed E-state index contributed by atoms with van der Waals surface area (Å²) in [6.07, 6.45) is 1.88. The van der Waals surface area contributed by atoms with Crippen LogP contribution in [-0.2, 0) is 9.59 Å². The van der Waals surface area contributed by atoms with E-state index in [9.17, 15) is 14.4 Å². The third kappa shape index (κ3) is 4.74. The SMILES string of the molecule is NC(=O)CN(C(=O)NCC(O)C(=O)O)C1CCCC1. The van der Waals surface area contributed by atoms with Gasteiger partial charge in [-0.25, -0.2) is 9.59 Å². The van der Waals surface area contributed by atoms with Crippen LogP contribution in [0.5, 0.6) is 0 Å². The van der Waals surface area contributed by atoms with Crippen LogP contribution in [0.4, 0.5) is 4.79 Å². The monoisotopic (exact) mass is 273 g/mol. The summed E-state index contributed by atoms with van der Waals surface area (Å²) in [5.41, 5.74) is 5.10. The number of carboxylic acids is 1. The number of aliphatic carboxylic acids is 1. The highest BCUT2D eigenvalue weighted by atomic mass is 16.4. The van der Waals surface area contributed by atoms with Gasteiger partial charge in [0.1, 0.15) is 6.54 Å². The van der Waals surface area contributed by atoms with E-state index in [2.05, 4.69) is 5.32 Å². The highest BCUT2D eigenvalue weighted by Crippen LogP contribution is 2.23. The molecule has 0 spiro atoms. The molecule has 1 saturated carbocycles. The standard InChI is InChI=1S/C11H19N3O5/c12-9(16)6-14(7-3-1-2-4-7)11(19)13-5-8(15)10(17)18/h7-8,15H,1-6H2,(H2,12,16)(H,13,19)(H,17,18). The molecule has 3 amide bonds. The number of hydrogen-bond acceptors (Lipinski definition) is 4. The summed E-state index contributed by atoms with van der Waals surface area (Å²) in [6.45, 7) is -0.615. The van der Waals surface area contributed by atoms with Crippen molar-refractivity contribution in [3.05, 3.63) is 0 Å². The minimum absolute atomic E-state index is 0.0607. The Morgan fingerprint density at radius 2 is 1.89 bits per heavy atom. The predicted molar refractivity (Wildman–Crippen MR) is 65.2 cm³/mol. The van der Waals surface area contributed by atoms with Crippen LogP contribution in [0.1, 0.15) is 25.7 Å². The molecule has 1 fully saturated rings. The normalized spacial score (nSPS) is 16.9. The Labute approximate surface area is 110 Å². The van der Waals surface area contributed by atoms with Crippen LogP contribution in [0.3, 0.4) is 0 Å². The molecule has 0 aromatic rings. The third-order valence-corrected chi connectivity index (χ3v) is 3.08. The average molecular weight is 273 g/mol. The molecule has 0 heterocycles. The smallest absolute Gasteiger partial charge is 0.334 e. The molecule has 0 bridgehead atoms. The zero-order valence-electron chi connectivity index (χ0n) is 10.5.